The van der Waals surface area contributed by atoms with Crippen molar-refractivity contribution in [3.63, 3.8) is 0 Å². The molecular formula is C24H32Cl2N4O4S. The minimum atomic E-state index is -4.01. The molecule has 3 atom stereocenters. The molecule has 11 heteroatoms. The Bertz CT molecular complexity index is 1140. The third kappa shape index (κ3) is 4.32. The number of nitrogens with zero attached hydrogens (tertiary/aromatic N) is 2. The maximum absolute atomic E-state index is 13.5. The third-order valence-electron chi connectivity index (χ3n) is 8.45. The Hall–Kier alpha value is -1.55. The van der Waals surface area contributed by atoms with Gasteiger partial charge in [-0.2, -0.15) is 12.7 Å². The molecule has 4 saturated carbocycles. The Kier molecular flexibility index (Phi) is 6.30. The quantitative estimate of drug-likeness (QED) is 0.594. The number of rotatable bonds is 5. The van der Waals surface area contributed by atoms with E-state index in [4.69, 9.17) is 28.9 Å². The Morgan fingerprint density at radius 1 is 1.11 bits per heavy atom. The number of anilines is 1. The van der Waals surface area contributed by atoms with Crippen LogP contribution < -0.4 is 15.4 Å². The molecule has 0 spiro atoms. The fraction of sp³-hybridized carbons (Fsp3) is 0.667. The van der Waals surface area contributed by atoms with E-state index < -0.39 is 15.6 Å². The van der Waals surface area contributed by atoms with Gasteiger partial charge in [0.1, 0.15) is 0 Å². The summed E-state index contributed by atoms with van der Waals surface area (Å²) >= 11 is 12.8. The van der Waals surface area contributed by atoms with Crippen molar-refractivity contribution >= 4 is 50.9 Å². The molecule has 4 bridgehead atoms. The smallest absolute Gasteiger partial charge is 0.304 e. The summed E-state index contributed by atoms with van der Waals surface area (Å²) in [5.74, 6) is 0.316. The van der Waals surface area contributed by atoms with Gasteiger partial charge in [-0.1, -0.05) is 30.1 Å². The van der Waals surface area contributed by atoms with Gasteiger partial charge in [0.2, 0.25) is 11.8 Å². The van der Waals surface area contributed by atoms with E-state index in [-0.39, 0.29) is 71.0 Å². The Morgan fingerprint density at radius 2 is 1.71 bits per heavy atom. The SMILES string of the molecule is Cc1cc(Cl)c(N2C[C@H](C)CN(CC(=O)NC3C4CC5CC3CC(C(N)=O)(C5)C4)S2(=O)=O)c(Cl)c1. The minimum Gasteiger partial charge on any atom is -0.369 e. The van der Waals surface area contributed by atoms with Crippen molar-refractivity contribution in [2.75, 3.05) is 23.9 Å². The molecule has 2 unspecified atom stereocenters. The number of hydrogen-bond donors (Lipinski definition) is 2. The van der Waals surface area contributed by atoms with Crippen LogP contribution in [0.5, 0.6) is 0 Å². The summed E-state index contributed by atoms with van der Waals surface area (Å²) in [5, 5.41) is 3.65. The van der Waals surface area contributed by atoms with Gasteiger partial charge < -0.3 is 11.1 Å². The van der Waals surface area contributed by atoms with E-state index in [2.05, 4.69) is 5.32 Å². The lowest BCUT2D eigenvalue weighted by atomic mass is 9.47. The third-order valence-corrected chi connectivity index (χ3v) is 10.8. The van der Waals surface area contributed by atoms with E-state index in [9.17, 15) is 18.0 Å². The van der Waals surface area contributed by atoms with Gasteiger partial charge in [-0.25, -0.2) is 0 Å². The second kappa shape index (κ2) is 8.78. The molecule has 0 radical (unpaired) electrons. The molecule has 8 nitrogen and oxygen atoms in total. The maximum atomic E-state index is 13.5. The van der Waals surface area contributed by atoms with E-state index in [0.29, 0.717) is 18.8 Å². The second-order valence-corrected chi connectivity index (χ2v) is 13.9. The van der Waals surface area contributed by atoms with Crippen LogP contribution in [0, 0.1) is 36.0 Å². The van der Waals surface area contributed by atoms with Crippen LogP contribution in [0.25, 0.3) is 0 Å². The highest BCUT2D eigenvalue weighted by Gasteiger charge is 2.58. The molecule has 4 aliphatic carbocycles. The highest BCUT2D eigenvalue weighted by molar-refractivity contribution is 7.90. The number of nitrogens with one attached hydrogen (secondary N) is 1. The molecule has 1 aromatic carbocycles. The van der Waals surface area contributed by atoms with Gasteiger partial charge in [0, 0.05) is 24.5 Å². The number of carbonyl (C=O) groups excluding carboxylic acids is 2. The van der Waals surface area contributed by atoms with Gasteiger partial charge in [0.15, 0.2) is 0 Å². The number of primary amides is 1. The highest BCUT2D eigenvalue weighted by Crippen LogP contribution is 2.59. The number of benzene rings is 1. The molecule has 1 aromatic rings. The summed E-state index contributed by atoms with van der Waals surface area (Å²) in [6.07, 6.45) is 4.23. The first-order valence-corrected chi connectivity index (χ1v) is 14.4. The lowest BCUT2D eigenvalue weighted by Crippen LogP contribution is -2.63. The van der Waals surface area contributed by atoms with Gasteiger partial charge in [0.25, 0.3) is 0 Å². The van der Waals surface area contributed by atoms with Gasteiger partial charge in [-0.3, -0.25) is 13.9 Å². The van der Waals surface area contributed by atoms with Crippen molar-refractivity contribution < 1.29 is 18.0 Å². The van der Waals surface area contributed by atoms with Gasteiger partial charge >= 0.3 is 10.2 Å². The molecular weight excluding hydrogens is 511 g/mol. The summed E-state index contributed by atoms with van der Waals surface area (Å²) in [7, 11) is -4.01. The van der Waals surface area contributed by atoms with Crippen LogP contribution in [0.1, 0.15) is 44.6 Å². The first-order valence-electron chi connectivity index (χ1n) is 12.2. The van der Waals surface area contributed by atoms with E-state index in [1.165, 1.54) is 8.61 Å². The summed E-state index contributed by atoms with van der Waals surface area (Å²) in [6, 6.07) is 3.31. The monoisotopic (exact) mass is 542 g/mol. The number of carbonyl (C=O) groups is 2. The zero-order valence-electron chi connectivity index (χ0n) is 20.0. The van der Waals surface area contributed by atoms with Crippen LogP contribution in [0.15, 0.2) is 12.1 Å². The fourth-order valence-corrected chi connectivity index (χ4v) is 10.0. The summed E-state index contributed by atoms with van der Waals surface area (Å²) in [5.41, 5.74) is 6.41. The summed E-state index contributed by atoms with van der Waals surface area (Å²) in [4.78, 5) is 25.4. The lowest BCUT2D eigenvalue weighted by Gasteiger charge is -2.58. The fourth-order valence-electron chi connectivity index (χ4n) is 7.25. The molecule has 35 heavy (non-hydrogen) atoms. The number of nitrogens with two attached hydrogens (primary N) is 1. The topological polar surface area (TPSA) is 113 Å². The normalized spacial score (nSPS) is 35.8. The predicted octanol–water partition coefficient (Wildman–Crippen LogP) is 3.10. The van der Waals surface area contributed by atoms with E-state index >= 15 is 0 Å². The van der Waals surface area contributed by atoms with Crippen molar-refractivity contribution in [3.05, 3.63) is 27.7 Å². The molecule has 6 rings (SSSR count). The minimum absolute atomic E-state index is 0.0311. The van der Waals surface area contributed by atoms with Crippen LogP contribution >= 0.6 is 23.2 Å². The van der Waals surface area contributed by atoms with Crippen LogP contribution in [-0.2, 0) is 19.8 Å². The molecule has 3 N–H and O–H groups in total. The van der Waals surface area contributed by atoms with Gasteiger partial charge in [-0.15, -0.1) is 0 Å². The average molecular weight is 544 g/mol. The van der Waals surface area contributed by atoms with Gasteiger partial charge in [0.05, 0.1) is 22.3 Å². The maximum Gasteiger partial charge on any atom is 0.304 e. The number of aryl methyl sites for hydroxylation is 1. The summed E-state index contributed by atoms with van der Waals surface area (Å²) in [6.45, 7) is 3.96. The summed E-state index contributed by atoms with van der Waals surface area (Å²) < 4.78 is 29.5. The lowest BCUT2D eigenvalue weighted by molar-refractivity contribution is -0.147. The Morgan fingerprint density at radius 3 is 2.29 bits per heavy atom. The molecule has 1 saturated heterocycles. The number of amides is 2. The van der Waals surface area contributed by atoms with E-state index in [1.807, 2.05) is 13.8 Å². The molecule has 5 fully saturated rings. The largest absolute Gasteiger partial charge is 0.369 e. The van der Waals surface area contributed by atoms with Crippen LogP contribution in [0.2, 0.25) is 10.0 Å². The zero-order valence-corrected chi connectivity index (χ0v) is 22.3. The van der Waals surface area contributed by atoms with E-state index in [0.717, 1.165) is 24.8 Å². The average Bonchev–Trinajstić information content (AvgIpc) is 2.73. The Labute approximate surface area is 216 Å². The number of hydrogen-bond acceptors (Lipinski definition) is 4. The van der Waals surface area contributed by atoms with Crippen molar-refractivity contribution in [2.24, 2.45) is 34.8 Å². The first kappa shape index (κ1) is 25.1. The molecule has 0 aromatic heterocycles. The van der Waals surface area contributed by atoms with Gasteiger partial charge in [-0.05, 0) is 80.4 Å². The first-order chi connectivity index (χ1) is 16.4. The molecule has 192 valence electrons. The predicted molar refractivity (Wildman–Crippen MR) is 135 cm³/mol. The van der Waals surface area contributed by atoms with E-state index in [1.54, 1.807) is 12.1 Å². The molecule has 2 amide bonds. The van der Waals surface area contributed by atoms with Crippen molar-refractivity contribution in [1.82, 2.24) is 9.62 Å². The van der Waals surface area contributed by atoms with Crippen molar-refractivity contribution in [2.45, 2.75) is 52.0 Å². The zero-order chi connectivity index (χ0) is 25.3. The second-order valence-electron chi connectivity index (χ2n) is 11.2. The van der Waals surface area contributed by atoms with Crippen LogP contribution in [0.3, 0.4) is 0 Å². The van der Waals surface area contributed by atoms with Crippen molar-refractivity contribution in [1.29, 1.82) is 0 Å². The molecule has 1 heterocycles. The van der Waals surface area contributed by atoms with Crippen molar-refractivity contribution in [3.8, 4) is 0 Å². The molecule has 1 aliphatic heterocycles. The number of halogens is 2. The van der Waals surface area contributed by atoms with Crippen LogP contribution in [-0.4, -0.2) is 50.2 Å². The molecule has 5 aliphatic rings. The highest BCUT2D eigenvalue weighted by atomic mass is 35.5. The van der Waals surface area contributed by atoms with Crippen LogP contribution in [0.4, 0.5) is 5.69 Å². The standard InChI is InChI=1S/C24H32Cl2N4O4S/c1-13-3-18(25)22(19(26)4-13)30-11-14(2)10-29(35(30,33)34)12-20(31)28-21-16-5-15-6-17(21)9-24(7-15,8-16)23(27)32/h3-4,14-17,21H,5-12H2,1-2H3,(H2,27,32)(H,28,31)/t14-,15?,16?,17?,21?,24?/m1/s1. The Balaban J connectivity index is 1.32.